The van der Waals surface area contributed by atoms with Crippen LogP contribution in [0.15, 0.2) is 24.3 Å². The minimum atomic E-state index is -0.262. The van der Waals surface area contributed by atoms with E-state index in [0.29, 0.717) is 19.3 Å². The van der Waals surface area contributed by atoms with Crippen LogP contribution < -0.4 is 0 Å². The van der Waals surface area contributed by atoms with Gasteiger partial charge in [-0.1, -0.05) is 26.0 Å². The fourth-order valence-electron chi connectivity index (χ4n) is 1.74. The van der Waals surface area contributed by atoms with E-state index in [2.05, 4.69) is 0 Å². The van der Waals surface area contributed by atoms with Gasteiger partial charge in [-0.3, -0.25) is 9.59 Å². The molecule has 3 nitrogen and oxygen atoms in total. The molecule has 0 atom stereocenters. The molecule has 0 saturated carbocycles. The van der Waals surface area contributed by atoms with Gasteiger partial charge in [0.15, 0.2) is 11.6 Å². The Balaban J connectivity index is 2.31. The molecule has 0 spiro atoms. The first-order chi connectivity index (χ1) is 8.49. The zero-order valence-corrected chi connectivity index (χ0v) is 11.0. The predicted octanol–water partition coefficient (Wildman–Crippen LogP) is 2.90. The second-order valence-corrected chi connectivity index (χ2v) is 4.96. The van der Waals surface area contributed by atoms with Gasteiger partial charge >= 0.3 is 0 Å². The first kappa shape index (κ1) is 14.4. The molecule has 1 N–H and O–H groups in total. The van der Waals surface area contributed by atoms with Crippen LogP contribution >= 0.6 is 0 Å². The number of benzene rings is 1. The average molecular weight is 248 g/mol. The van der Waals surface area contributed by atoms with Crippen molar-refractivity contribution in [2.24, 2.45) is 5.92 Å². The highest BCUT2D eigenvalue weighted by Gasteiger charge is 2.14. The third-order valence-electron chi connectivity index (χ3n) is 2.71. The van der Waals surface area contributed by atoms with Crippen LogP contribution in [-0.4, -0.2) is 16.7 Å². The lowest BCUT2D eigenvalue weighted by Gasteiger charge is -2.03. The zero-order valence-electron chi connectivity index (χ0n) is 11.0. The molecule has 0 aliphatic carbocycles. The molecule has 3 heteroatoms. The Morgan fingerprint density at radius 1 is 1.11 bits per heavy atom. The van der Waals surface area contributed by atoms with E-state index in [4.69, 9.17) is 5.11 Å². The second-order valence-electron chi connectivity index (χ2n) is 4.96. The Hall–Kier alpha value is -1.64. The summed E-state index contributed by atoms with van der Waals surface area (Å²) in [6, 6.07) is 6.91. The van der Waals surface area contributed by atoms with Crippen molar-refractivity contribution >= 4 is 11.6 Å². The Morgan fingerprint density at radius 2 is 1.72 bits per heavy atom. The van der Waals surface area contributed by atoms with Gasteiger partial charge in [0.25, 0.3) is 0 Å². The van der Waals surface area contributed by atoms with Gasteiger partial charge in [0.1, 0.15) is 5.75 Å². The maximum atomic E-state index is 11.5. The van der Waals surface area contributed by atoms with E-state index >= 15 is 0 Å². The van der Waals surface area contributed by atoms with E-state index in [-0.39, 0.29) is 23.2 Å². The van der Waals surface area contributed by atoms with E-state index in [1.807, 2.05) is 26.0 Å². The molecule has 1 aromatic carbocycles. The van der Waals surface area contributed by atoms with Crippen LogP contribution in [0.3, 0.4) is 0 Å². The first-order valence-corrected chi connectivity index (χ1v) is 6.33. The molecule has 18 heavy (non-hydrogen) atoms. The van der Waals surface area contributed by atoms with Crippen LogP contribution in [0.4, 0.5) is 0 Å². The van der Waals surface area contributed by atoms with Crippen molar-refractivity contribution in [3.63, 3.8) is 0 Å². The minimum Gasteiger partial charge on any atom is -0.508 e. The van der Waals surface area contributed by atoms with Crippen molar-refractivity contribution in [1.82, 2.24) is 0 Å². The molecule has 0 saturated heterocycles. The predicted molar refractivity (Wildman–Crippen MR) is 70.5 cm³/mol. The van der Waals surface area contributed by atoms with Crippen molar-refractivity contribution in [3.8, 4) is 5.75 Å². The lowest BCUT2D eigenvalue weighted by Crippen LogP contribution is -2.15. The van der Waals surface area contributed by atoms with Gasteiger partial charge in [0.05, 0.1) is 0 Å². The zero-order chi connectivity index (χ0) is 13.5. The molecule has 0 aliphatic rings. The molecule has 0 radical (unpaired) electrons. The smallest absolute Gasteiger partial charge is 0.198 e. The summed E-state index contributed by atoms with van der Waals surface area (Å²) in [5.74, 6) is -0.0429. The van der Waals surface area contributed by atoms with Crippen LogP contribution in [0.2, 0.25) is 0 Å². The van der Waals surface area contributed by atoms with Crippen molar-refractivity contribution < 1.29 is 14.7 Å². The molecule has 0 unspecified atom stereocenters. The first-order valence-electron chi connectivity index (χ1n) is 6.33. The molecule has 98 valence electrons. The minimum absolute atomic E-state index is 0.235. The fourth-order valence-corrected chi connectivity index (χ4v) is 1.74. The van der Waals surface area contributed by atoms with Crippen molar-refractivity contribution in [1.29, 1.82) is 0 Å². The molecular formula is C15H20O3. The maximum Gasteiger partial charge on any atom is 0.198 e. The van der Waals surface area contributed by atoms with Gasteiger partial charge in [0.2, 0.25) is 0 Å². The van der Waals surface area contributed by atoms with Crippen molar-refractivity contribution in [3.05, 3.63) is 29.8 Å². The molecule has 0 bridgehead atoms. The van der Waals surface area contributed by atoms with Crippen LogP contribution in [0, 0.1) is 5.92 Å². The van der Waals surface area contributed by atoms with Crippen molar-refractivity contribution in [2.75, 3.05) is 0 Å². The van der Waals surface area contributed by atoms with Gasteiger partial charge in [-0.05, 0) is 36.5 Å². The summed E-state index contributed by atoms with van der Waals surface area (Å²) in [5, 5.41) is 9.13. The molecule has 0 amide bonds. The summed E-state index contributed by atoms with van der Waals surface area (Å²) < 4.78 is 0. The number of phenols is 1. The lowest BCUT2D eigenvalue weighted by atomic mass is 10.00. The number of aryl methyl sites for hydroxylation is 1. The number of aromatic hydroxyl groups is 1. The monoisotopic (exact) mass is 248 g/mol. The normalized spacial score (nSPS) is 10.6. The summed E-state index contributed by atoms with van der Waals surface area (Å²) in [6.07, 6.45) is 2.08. The molecule has 1 rings (SSSR count). The van der Waals surface area contributed by atoms with Crippen LogP contribution in [0.5, 0.6) is 5.75 Å². The number of hydrogen-bond acceptors (Lipinski definition) is 3. The van der Waals surface area contributed by atoms with E-state index in [0.717, 1.165) is 12.0 Å². The number of rotatable bonds is 7. The summed E-state index contributed by atoms with van der Waals surface area (Å²) in [5.41, 5.74) is 1.07. The van der Waals surface area contributed by atoms with E-state index in [9.17, 15) is 9.59 Å². The SMILES string of the molecule is CC(C)CC(=O)C(=O)CCCc1ccc(O)cc1. The Morgan fingerprint density at radius 3 is 2.28 bits per heavy atom. The van der Waals surface area contributed by atoms with Crippen LogP contribution in [-0.2, 0) is 16.0 Å². The second kappa shape index (κ2) is 6.94. The van der Waals surface area contributed by atoms with Crippen LogP contribution in [0.1, 0.15) is 38.7 Å². The standard InChI is InChI=1S/C15H20O3/c1-11(2)10-15(18)14(17)5-3-4-12-6-8-13(16)9-7-12/h6-9,11,16H,3-5,10H2,1-2H3. The molecule has 0 fully saturated rings. The Labute approximate surface area is 108 Å². The van der Waals surface area contributed by atoms with Gasteiger partial charge < -0.3 is 5.11 Å². The largest absolute Gasteiger partial charge is 0.508 e. The van der Waals surface area contributed by atoms with Gasteiger partial charge in [-0.15, -0.1) is 0 Å². The van der Waals surface area contributed by atoms with Crippen molar-refractivity contribution in [2.45, 2.75) is 39.5 Å². The summed E-state index contributed by atoms with van der Waals surface area (Å²) in [6.45, 7) is 3.86. The molecule has 0 heterocycles. The van der Waals surface area contributed by atoms with E-state index < -0.39 is 0 Å². The summed E-state index contributed by atoms with van der Waals surface area (Å²) >= 11 is 0. The average Bonchev–Trinajstić information content (AvgIpc) is 2.30. The van der Waals surface area contributed by atoms with E-state index in [1.165, 1.54) is 0 Å². The fraction of sp³-hybridized carbons (Fsp3) is 0.467. The number of ketones is 2. The molecule has 0 aromatic heterocycles. The molecule has 1 aromatic rings. The maximum absolute atomic E-state index is 11.5. The number of phenolic OH excluding ortho intramolecular Hbond substituents is 1. The Kier molecular flexibility index (Phi) is 5.56. The lowest BCUT2D eigenvalue weighted by molar-refractivity contribution is -0.137. The summed E-state index contributed by atoms with van der Waals surface area (Å²) in [4.78, 5) is 23.0. The third kappa shape index (κ3) is 5.13. The third-order valence-corrected chi connectivity index (χ3v) is 2.71. The highest BCUT2D eigenvalue weighted by molar-refractivity contribution is 6.37. The number of carbonyl (C=O) groups is 2. The molecule has 0 aliphatic heterocycles. The summed E-state index contributed by atoms with van der Waals surface area (Å²) in [7, 11) is 0. The van der Waals surface area contributed by atoms with E-state index in [1.54, 1.807) is 12.1 Å². The highest BCUT2D eigenvalue weighted by Crippen LogP contribution is 2.12. The highest BCUT2D eigenvalue weighted by atomic mass is 16.3. The topological polar surface area (TPSA) is 54.4 Å². The van der Waals surface area contributed by atoms with Gasteiger partial charge in [-0.2, -0.15) is 0 Å². The van der Waals surface area contributed by atoms with Crippen LogP contribution in [0.25, 0.3) is 0 Å². The van der Waals surface area contributed by atoms with Gasteiger partial charge in [0, 0.05) is 12.8 Å². The number of Topliss-reactive ketones (excluding diaryl/α,β-unsaturated/α-hetero) is 2. The van der Waals surface area contributed by atoms with Gasteiger partial charge in [-0.25, -0.2) is 0 Å². The quantitative estimate of drug-likeness (QED) is 0.755. The number of carbonyl (C=O) groups excluding carboxylic acids is 2. The molecular weight excluding hydrogens is 228 g/mol. The Bertz CT molecular complexity index is 404. The number of hydrogen-bond donors (Lipinski definition) is 1.